The summed E-state index contributed by atoms with van der Waals surface area (Å²) < 4.78 is 5.71. The van der Waals surface area contributed by atoms with E-state index >= 15 is 0 Å². The van der Waals surface area contributed by atoms with Gasteiger partial charge in [0.15, 0.2) is 0 Å². The minimum Gasteiger partial charge on any atom is -0.490 e. The molecule has 0 bridgehead atoms. The van der Waals surface area contributed by atoms with Crippen molar-refractivity contribution < 1.29 is 19.7 Å². The molecule has 0 radical (unpaired) electrons. The fraction of sp³-hybridized carbons (Fsp3) is 0.462. The smallest absolute Gasteiger partial charge is 0.323 e. The van der Waals surface area contributed by atoms with Crippen molar-refractivity contribution in [2.24, 2.45) is 5.73 Å². The van der Waals surface area contributed by atoms with Gasteiger partial charge in [-0.05, 0) is 30.5 Å². The van der Waals surface area contributed by atoms with Crippen molar-refractivity contribution in [2.75, 3.05) is 0 Å². The molecule has 2 unspecified atom stereocenters. The van der Waals surface area contributed by atoms with E-state index in [-0.39, 0.29) is 12.7 Å². The molecular formula is C13H17NO4. The predicted molar refractivity (Wildman–Crippen MR) is 65.2 cm³/mol. The zero-order valence-electron chi connectivity index (χ0n) is 10.0. The minimum atomic E-state index is -1.17. The average Bonchev–Trinajstić information content (AvgIpc) is 2.72. The van der Waals surface area contributed by atoms with E-state index < -0.39 is 11.5 Å². The number of hydrogen-bond acceptors (Lipinski definition) is 4. The van der Waals surface area contributed by atoms with E-state index in [0.717, 1.165) is 5.56 Å². The number of carbonyl (C=O) groups is 1. The van der Waals surface area contributed by atoms with Crippen molar-refractivity contribution in [3.8, 4) is 5.75 Å². The number of ether oxygens (including phenoxy) is 1. The van der Waals surface area contributed by atoms with Gasteiger partial charge in [0.05, 0.1) is 6.61 Å². The van der Waals surface area contributed by atoms with Gasteiger partial charge in [0.25, 0.3) is 0 Å². The van der Waals surface area contributed by atoms with Crippen LogP contribution in [0.3, 0.4) is 0 Å². The van der Waals surface area contributed by atoms with Gasteiger partial charge < -0.3 is 20.7 Å². The molecule has 0 aromatic heterocycles. The summed E-state index contributed by atoms with van der Waals surface area (Å²) in [6, 6.07) is 7.13. The van der Waals surface area contributed by atoms with Gasteiger partial charge in [-0.25, -0.2) is 0 Å². The van der Waals surface area contributed by atoms with Crippen LogP contribution in [0.5, 0.6) is 5.75 Å². The first kappa shape index (κ1) is 12.9. The summed E-state index contributed by atoms with van der Waals surface area (Å²) in [6.45, 7) is -0.0438. The third-order valence-corrected chi connectivity index (χ3v) is 3.31. The summed E-state index contributed by atoms with van der Waals surface area (Å²) in [5, 5.41) is 18.1. The normalized spacial score (nSPS) is 27.1. The highest BCUT2D eigenvalue weighted by Crippen LogP contribution is 2.31. The van der Waals surface area contributed by atoms with Crippen LogP contribution in [-0.2, 0) is 11.4 Å². The first-order chi connectivity index (χ1) is 8.53. The van der Waals surface area contributed by atoms with Crippen LogP contribution in [0.2, 0.25) is 0 Å². The van der Waals surface area contributed by atoms with Crippen molar-refractivity contribution in [1.29, 1.82) is 0 Å². The van der Waals surface area contributed by atoms with E-state index in [9.17, 15) is 4.79 Å². The summed E-state index contributed by atoms with van der Waals surface area (Å²) in [7, 11) is 0. The Labute approximate surface area is 105 Å². The lowest BCUT2D eigenvalue weighted by molar-refractivity contribution is -0.143. The Bertz CT molecular complexity index is 448. The molecule has 0 aliphatic heterocycles. The number of hydrogen-bond donors (Lipinski definition) is 3. The second-order valence-electron chi connectivity index (χ2n) is 4.75. The topological polar surface area (TPSA) is 92.8 Å². The van der Waals surface area contributed by atoms with Gasteiger partial charge in [-0.3, -0.25) is 4.79 Å². The molecule has 4 N–H and O–H groups in total. The van der Waals surface area contributed by atoms with Crippen LogP contribution in [0.15, 0.2) is 24.3 Å². The number of rotatable bonds is 4. The molecule has 0 heterocycles. The number of carboxylic acid groups (broad SMARTS) is 1. The van der Waals surface area contributed by atoms with Gasteiger partial charge >= 0.3 is 5.97 Å². The maximum atomic E-state index is 11.0. The summed E-state index contributed by atoms with van der Waals surface area (Å²) in [5.41, 5.74) is 5.38. The lowest BCUT2D eigenvalue weighted by Crippen LogP contribution is -2.46. The van der Waals surface area contributed by atoms with Crippen molar-refractivity contribution in [3.63, 3.8) is 0 Å². The lowest BCUT2D eigenvalue weighted by Gasteiger charge is -2.19. The molecule has 0 saturated heterocycles. The molecule has 5 heteroatoms. The first-order valence-electron chi connectivity index (χ1n) is 5.92. The molecule has 18 heavy (non-hydrogen) atoms. The van der Waals surface area contributed by atoms with Gasteiger partial charge in [0, 0.05) is 6.42 Å². The molecule has 0 spiro atoms. The number of nitrogens with two attached hydrogens (primary N) is 1. The van der Waals surface area contributed by atoms with Crippen LogP contribution in [0.4, 0.5) is 0 Å². The van der Waals surface area contributed by atoms with Gasteiger partial charge in [-0.1, -0.05) is 12.1 Å². The van der Waals surface area contributed by atoms with Crippen molar-refractivity contribution in [2.45, 2.75) is 37.5 Å². The van der Waals surface area contributed by atoms with E-state index in [0.29, 0.717) is 25.0 Å². The van der Waals surface area contributed by atoms with Crippen molar-refractivity contribution in [3.05, 3.63) is 29.8 Å². The molecule has 1 aliphatic carbocycles. The average molecular weight is 251 g/mol. The summed E-state index contributed by atoms with van der Waals surface area (Å²) in [6.07, 6.45) is 1.19. The SMILES string of the molecule is NC1(C(=O)O)CCC(Oc2cccc(CO)c2)C1. The second-order valence-corrected chi connectivity index (χ2v) is 4.75. The summed E-state index contributed by atoms with van der Waals surface area (Å²) in [5.74, 6) is -0.334. The Morgan fingerprint density at radius 2 is 2.33 bits per heavy atom. The number of carboxylic acids is 1. The maximum absolute atomic E-state index is 11.0. The van der Waals surface area contributed by atoms with Gasteiger partial charge in [-0.15, -0.1) is 0 Å². The van der Waals surface area contributed by atoms with E-state index in [1.54, 1.807) is 24.3 Å². The molecule has 0 amide bonds. The van der Waals surface area contributed by atoms with Crippen LogP contribution >= 0.6 is 0 Å². The Morgan fingerprint density at radius 3 is 2.94 bits per heavy atom. The zero-order chi connectivity index (χ0) is 13.2. The summed E-state index contributed by atoms with van der Waals surface area (Å²) >= 11 is 0. The lowest BCUT2D eigenvalue weighted by atomic mass is 10.00. The van der Waals surface area contributed by atoms with Crippen LogP contribution in [0.1, 0.15) is 24.8 Å². The highest BCUT2D eigenvalue weighted by Gasteiger charge is 2.43. The van der Waals surface area contributed by atoms with E-state index in [1.165, 1.54) is 0 Å². The minimum absolute atomic E-state index is 0.0438. The third kappa shape index (κ3) is 2.63. The molecule has 98 valence electrons. The number of aliphatic carboxylic acids is 1. The van der Waals surface area contributed by atoms with Gasteiger partial charge in [0.2, 0.25) is 0 Å². The Morgan fingerprint density at radius 1 is 1.56 bits per heavy atom. The van der Waals surface area contributed by atoms with Crippen LogP contribution in [-0.4, -0.2) is 27.8 Å². The summed E-state index contributed by atoms with van der Waals surface area (Å²) in [4.78, 5) is 11.0. The van der Waals surface area contributed by atoms with Crippen molar-refractivity contribution in [1.82, 2.24) is 0 Å². The maximum Gasteiger partial charge on any atom is 0.323 e. The molecule has 1 aliphatic rings. The predicted octanol–water partition coefficient (Wildman–Crippen LogP) is 0.892. The molecule has 5 nitrogen and oxygen atoms in total. The molecule has 1 aromatic carbocycles. The Hall–Kier alpha value is -1.59. The molecule has 1 aromatic rings. The number of aliphatic hydroxyl groups is 1. The highest BCUT2D eigenvalue weighted by atomic mass is 16.5. The quantitative estimate of drug-likeness (QED) is 0.739. The van der Waals surface area contributed by atoms with E-state index in [1.807, 2.05) is 0 Å². The van der Waals surface area contributed by atoms with Crippen LogP contribution < -0.4 is 10.5 Å². The fourth-order valence-electron chi connectivity index (χ4n) is 2.23. The van der Waals surface area contributed by atoms with E-state index in [2.05, 4.69) is 0 Å². The number of aliphatic hydroxyl groups excluding tert-OH is 1. The molecule has 2 rings (SSSR count). The van der Waals surface area contributed by atoms with Crippen LogP contribution in [0.25, 0.3) is 0 Å². The standard InChI is InChI=1S/C13H17NO4/c14-13(12(16)17)5-4-11(7-13)18-10-3-1-2-9(6-10)8-15/h1-3,6,11,15H,4-5,7-8,14H2,(H,16,17). The molecule has 2 atom stereocenters. The van der Waals surface area contributed by atoms with E-state index in [4.69, 9.17) is 20.7 Å². The largest absolute Gasteiger partial charge is 0.490 e. The highest BCUT2D eigenvalue weighted by molar-refractivity contribution is 5.79. The third-order valence-electron chi connectivity index (χ3n) is 3.31. The van der Waals surface area contributed by atoms with Crippen molar-refractivity contribution >= 4 is 5.97 Å². The number of benzene rings is 1. The monoisotopic (exact) mass is 251 g/mol. The van der Waals surface area contributed by atoms with Gasteiger partial charge in [-0.2, -0.15) is 0 Å². The van der Waals surface area contributed by atoms with Gasteiger partial charge in [0.1, 0.15) is 17.4 Å². The Kier molecular flexibility index (Phi) is 3.54. The Balaban J connectivity index is 2.01. The molecular weight excluding hydrogens is 234 g/mol. The zero-order valence-corrected chi connectivity index (χ0v) is 10.0. The fourth-order valence-corrected chi connectivity index (χ4v) is 2.23. The second kappa shape index (κ2) is 4.96. The molecule has 1 fully saturated rings. The van der Waals surface area contributed by atoms with Crippen LogP contribution in [0, 0.1) is 0 Å². The first-order valence-corrected chi connectivity index (χ1v) is 5.92. The molecule has 1 saturated carbocycles.